The molecule has 2 bridgehead atoms. The zero-order valence-corrected chi connectivity index (χ0v) is 16.7. The molecule has 0 saturated carbocycles. The van der Waals surface area contributed by atoms with Crippen molar-refractivity contribution in [3.8, 4) is 0 Å². The second kappa shape index (κ2) is 7.46. The van der Waals surface area contributed by atoms with E-state index >= 15 is 0 Å². The number of fused-ring (bicyclic) bond motifs is 3. The molecule has 0 aliphatic carbocycles. The van der Waals surface area contributed by atoms with Crippen molar-refractivity contribution in [3.63, 3.8) is 0 Å². The van der Waals surface area contributed by atoms with E-state index in [-0.39, 0.29) is 32.8 Å². The van der Waals surface area contributed by atoms with Crippen molar-refractivity contribution in [1.29, 1.82) is 0 Å². The predicted octanol–water partition coefficient (Wildman–Crippen LogP) is -0.575. The summed E-state index contributed by atoms with van der Waals surface area (Å²) in [5.74, 6) is -0.560. The summed E-state index contributed by atoms with van der Waals surface area (Å²) < 4.78 is 41.0. The highest BCUT2D eigenvalue weighted by Crippen LogP contribution is 2.47. The summed E-state index contributed by atoms with van der Waals surface area (Å²) in [4.78, 5) is 32.6. The van der Waals surface area contributed by atoms with Gasteiger partial charge in [-0.05, 0) is 17.9 Å². The van der Waals surface area contributed by atoms with Gasteiger partial charge in [0, 0.05) is 16.8 Å². The molecule has 3 saturated heterocycles. The summed E-state index contributed by atoms with van der Waals surface area (Å²) in [5.41, 5.74) is 7.66. The molecule has 4 N–H and O–H groups in total. The number of carbonyl (C=O) groups excluding carboxylic acids is 2. The molecule has 0 radical (unpaired) electrons. The number of piperidine rings is 1. The van der Waals surface area contributed by atoms with E-state index in [4.69, 9.17) is 19.9 Å². The van der Waals surface area contributed by atoms with Crippen molar-refractivity contribution in [2.24, 2.45) is 11.1 Å². The van der Waals surface area contributed by atoms with Crippen LogP contribution in [0.25, 0.3) is 0 Å². The first kappa shape index (κ1) is 20.5. The number of nitrogens with zero attached hydrogens (tertiary/aromatic N) is 2. The molecule has 3 atom stereocenters. The first-order valence-electron chi connectivity index (χ1n) is 8.75. The average molecular weight is 448 g/mol. The molecule has 1 aromatic rings. The minimum absolute atomic E-state index is 0.0434. The van der Waals surface area contributed by atoms with Gasteiger partial charge in [-0.2, -0.15) is 13.5 Å². The Labute approximate surface area is 170 Å². The minimum Gasteiger partial charge on any atom is -0.380 e. The number of nitrogens with two attached hydrogens (primary N) is 1. The molecule has 3 fully saturated rings. The summed E-state index contributed by atoms with van der Waals surface area (Å²) in [5, 5.41) is 2.49. The van der Waals surface area contributed by atoms with Crippen molar-refractivity contribution in [2.75, 3.05) is 26.4 Å². The lowest BCUT2D eigenvalue weighted by Gasteiger charge is -2.50. The molecule has 1 aromatic heterocycles. The molecular formula is C15H20N4O8S2. The Kier molecular flexibility index (Phi) is 5.27. The highest BCUT2D eigenvalue weighted by Gasteiger charge is 2.63. The van der Waals surface area contributed by atoms with Gasteiger partial charge in [-0.1, -0.05) is 6.07 Å². The molecule has 3 amide bonds. The summed E-state index contributed by atoms with van der Waals surface area (Å²) in [6.45, 7) is 0.572. The highest BCUT2D eigenvalue weighted by molar-refractivity contribution is 7.80. The van der Waals surface area contributed by atoms with Crippen LogP contribution in [0.15, 0.2) is 17.5 Å². The quantitative estimate of drug-likeness (QED) is 0.366. The number of amides is 3. The van der Waals surface area contributed by atoms with E-state index < -0.39 is 45.9 Å². The van der Waals surface area contributed by atoms with Crippen LogP contribution < -0.4 is 11.2 Å². The van der Waals surface area contributed by atoms with Gasteiger partial charge in [-0.15, -0.1) is 15.6 Å². The third kappa shape index (κ3) is 3.84. The van der Waals surface area contributed by atoms with Crippen LogP contribution in [0.2, 0.25) is 0 Å². The smallest absolute Gasteiger partial charge is 0.380 e. The van der Waals surface area contributed by atoms with Crippen LogP contribution in [0.3, 0.4) is 0 Å². The normalized spacial score (nSPS) is 26.5. The predicted molar refractivity (Wildman–Crippen MR) is 97.4 cm³/mol. The summed E-state index contributed by atoms with van der Waals surface area (Å²) in [6, 6.07) is 0.903. The summed E-state index contributed by atoms with van der Waals surface area (Å²) in [6.07, 6.45) is 0.237. The molecule has 1 unspecified atom stereocenters. The molecule has 3 aliphatic heterocycles. The fraction of sp³-hybridized carbons (Fsp3) is 0.600. The van der Waals surface area contributed by atoms with Gasteiger partial charge in [0.15, 0.2) is 0 Å². The number of hydrogen-bond acceptors (Lipinski definition) is 9. The van der Waals surface area contributed by atoms with Gasteiger partial charge in [0.25, 0.3) is 5.91 Å². The number of ether oxygens (including phenoxy) is 1. The molecule has 4 heterocycles. The Morgan fingerprint density at radius 1 is 1.52 bits per heavy atom. The number of nitrogens with one attached hydrogen (secondary N) is 1. The van der Waals surface area contributed by atoms with Gasteiger partial charge in [-0.3, -0.25) is 14.2 Å². The van der Waals surface area contributed by atoms with E-state index in [0.29, 0.717) is 5.06 Å². The molecule has 29 heavy (non-hydrogen) atoms. The zero-order valence-electron chi connectivity index (χ0n) is 15.1. The number of hydrogen-bond donors (Lipinski definition) is 3. The van der Waals surface area contributed by atoms with Crippen LogP contribution in [0, 0.1) is 5.41 Å². The molecule has 12 nitrogen and oxygen atoms in total. The van der Waals surface area contributed by atoms with E-state index in [1.54, 1.807) is 0 Å². The van der Waals surface area contributed by atoms with Crippen molar-refractivity contribution in [2.45, 2.75) is 24.5 Å². The van der Waals surface area contributed by atoms with E-state index in [2.05, 4.69) is 9.76 Å². The van der Waals surface area contributed by atoms with Crippen LogP contribution in [-0.2, 0) is 29.1 Å². The molecule has 160 valence electrons. The van der Waals surface area contributed by atoms with E-state index in [1.807, 2.05) is 17.5 Å². The molecular weight excluding hydrogens is 428 g/mol. The Bertz CT molecular complexity index is 888. The van der Waals surface area contributed by atoms with Crippen LogP contribution in [-0.4, -0.2) is 73.3 Å². The van der Waals surface area contributed by atoms with Crippen molar-refractivity contribution < 1.29 is 36.4 Å². The van der Waals surface area contributed by atoms with Gasteiger partial charge < -0.3 is 15.4 Å². The number of carbonyl (C=O) groups is 2. The fourth-order valence-corrected chi connectivity index (χ4v) is 4.97. The zero-order chi connectivity index (χ0) is 20.8. The van der Waals surface area contributed by atoms with E-state index in [1.165, 1.54) is 16.2 Å². The first-order chi connectivity index (χ1) is 13.7. The number of urea groups is 1. The second-order valence-corrected chi connectivity index (χ2v) is 9.24. The van der Waals surface area contributed by atoms with Crippen molar-refractivity contribution >= 4 is 33.7 Å². The summed E-state index contributed by atoms with van der Waals surface area (Å²) >= 11 is 1.47. The highest BCUT2D eigenvalue weighted by atomic mass is 32.3. The van der Waals surface area contributed by atoms with Crippen molar-refractivity contribution in [1.82, 2.24) is 15.4 Å². The van der Waals surface area contributed by atoms with Gasteiger partial charge in [0.2, 0.25) is 0 Å². The maximum absolute atomic E-state index is 12.7. The van der Waals surface area contributed by atoms with Gasteiger partial charge >= 0.3 is 16.4 Å². The monoisotopic (exact) mass is 448 g/mol. The Morgan fingerprint density at radius 2 is 2.28 bits per heavy atom. The van der Waals surface area contributed by atoms with Gasteiger partial charge in [0.1, 0.15) is 6.04 Å². The SMILES string of the molecule is NC(CONC(=O)[C@@H]1CC2(COC2)[C@@H]2CN1C(=O)N2OS(=O)(=O)O)c1cccs1. The third-order valence-corrected chi connectivity index (χ3v) is 6.72. The largest absolute Gasteiger partial charge is 0.418 e. The van der Waals surface area contributed by atoms with E-state index in [9.17, 15) is 18.0 Å². The van der Waals surface area contributed by atoms with Crippen LogP contribution in [0.4, 0.5) is 4.79 Å². The lowest BCUT2D eigenvalue weighted by atomic mass is 9.71. The van der Waals surface area contributed by atoms with Crippen LogP contribution in [0.1, 0.15) is 17.3 Å². The number of hydroxylamine groups is 3. The molecule has 3 aliphatic rings. The Morgan fingerprint density at radius 3 is 2.86 bits per heavy atom. The third-order valence-electron chi connectivity index (χ3n) is 5.37. The molecule has 1 spiro atoms. The minimum atomic E-state index is -4.90. The van der Waals surface area contributed by atoms with Crippen molar-refractivity contribution in [3.05, 3.63) is 22.4 Å². The van der Waals surface area contributed by atoms with E-state index in [0.717, 1.165) is 4.88 Å². The lowest BCUT2D eigenvalue weighted by molar-refractivity contribution is -0.194. The standard InChI is InChI=1S/C15H20N4O8S2/c16-9(11-2-1-3-28-11)6-26-17-13(20)10-4-15(7-25-8-15)12-5-18(10)14(21)19(12)27-29(22,23)24/h1-3,9-10,12H,4-8,16H2,(H,17,20)(H,22,23,24)/t9?,10-,12-/m0/s1. The second-order valence-electron chi connectivity index (χ2n) is 7.25. The maximum atomic E-state index is 12.7. The fourth-order valence-electron chi connectivity index (χ4n) is 3.88. The summed E-state index contributed by atoms with van der Waals surface area (Å²) in [7, 11) is -4.90. The number of thiophene rings is 1. The Hall–Kier alpha value is -1.81. The Balaban J connectivity index is 1.43. The van der Waals surface area contributed by atoms with Gasteiger partial charge in [-0.25, -0.2) is 10.3 Å². The topological polar surface area (TPSA) is 161 Å². The molecule has 14 heteroatoms. The number of rotatable bonds is 7. The first-order valence-corrected chi connectivity index (χ1v) is 11.0. The molecule has 4 rings (SSSR count). The molecule has 0 aromatic carbocycles. The average Bonchev–Trinajstić information content (AvgIpc) is 3.24. The lowest BCUT2D eigenvalue weighted by Crippen LogP contribution is -2.63. The van der Waals surface area contributed by atoms with Crippen LogP contribution in [0.5, 0.6) is 0 Å². The van der Waals surface area contributed by atoms with Crippen LogP contribution >= 0.6 is 11.3 Å². The van der Waals surface area contributed by atoms with Gasteiger partial charge in [0.05, 0.1) is 31.9 Å². The maximum Gasteiger partial charge on any atom is 0.418 e.